The molecule has 3 aromatic rings. The molecule has 0 saturated heterocycles. The molecule has 5 heteroatoms. The van der Waals surface area contributed by atoms with Gasteiger partial charge in [-0.25, -0.2) is 0 Å². The molecule has 0 N–H and O–H groups in total. The molecule has 0 radical (unpaired) electrons. The van der Waals surface area contributed by atoms with Gasteiger partial charge in [0.1, 0.15) is 0 Å². The van der Waals surface area contributed by atoms with Gasteiger partial charge in [-0.3, -0.25) is 0 Å². The minimum Gasteiger partial charge on any atom is -1.00 e. The Morgan fingerprint density at radius 1 is 0.731 bits per heavy atom. The van der Waals surface area contributed by atoms with Crippen molar-refractivity contribution in [2.75, 3.05) is 0 Å². The van der Waals surface area contributed by atoms with Crippen LogP contribution in [0.4, 0.5) is 0 Å². The van der Waals surface area contributed by atoms with E-state index < -0.39 is 8.07 Å². The average molecular weight is 458 g/mol. The third-order valence-electron chi connectivity index (χ3n) is 4.52. The maximum absolute atomic E-state index is 2.46. The number of hydrogen-bond donors (Lipinski definition) is 0. The van der Waals surface area contributed by atoms with Crippen LogP contribution in [0.1, 0.15) is 11.1 Å². The summed E-state index contributed by atoms with van der Waals surface area (Å²) in [5, 5.41) is 3.05. The molecule has 0 aliphatic rings. The molecule has 26 heavy (non-hydrogen) atoms. The normalized spacial score (nSPS) is 9.85. The van der Waals surface area contributed by atoms with Crippen molar-refractivity contribution in [2.45, 2.75) is 26.9 Å². The van der Waals surface area contributed by atoms with Gasteiger partial charge in [-0.05, 0) is 13.8 Å². The van der Waals surface area contributed by atoms with Crippen LogP contribution in [-0.2, 0) is 21.7 Å². The SMILES string of the molecule is Cc1cc(C)cc([Si](C)(C)[c-]2cccc2-c2ccccc2)c1.[Cl-].[Cl-].[Cl-].[Ti+4]. The van der Waals surface area contributed by atoms with Crippen LogP contribution in [0.2, 0.25) is 13.1 Å². The minimum absolute atomic E-state index is 0. The zero-order valence-electron chi connectivity index (χ0n) is 15.5. The zero-order valence-corrected chi connectivity index (χ0v) is 20.3. The molecule has 3 rings (SSSR count). The van der Waals surface area contributed by atoms with Crippen molar-refractivity contribution in [1.29, 1.82) is 0 Å². The molecule has 0 bridgehead atoms. The second-order valence-electron chi connectivity index (χ2n) is 6.72. The van der Waals surface area contributed by atoms with E-state index in [2.05, 4.69) is 93.7 Å². The second-order valence-corrected chi connectivity index (χ2v) is 11.1. The van der Waals surface area contributed by atoms with E-state index in [-0.39, 0.29) is 58.9 Å². The molecule has 0 aliphatic heterocycles. The molecule has 0 saturated carbocycles. The third kappa shape index (κ3) is 5.79. The van der Waals surface area contributed by atoms with Gasteiger partial charge in [-0.1, -0.05) is 77.9 Å². The Morgan fingerprint density at radius 2 is 1.27 bits per heavy atom. The summed E-state index contributed by atoms with van der Waals surface area (Å²) in [7, 11) is -1.69. The van der Waals surface area contributed by atoms with Crippen LogP contribution in [-0.4, -0.2) is 8.07 Å². The number of rotatable bonds is 3. The van der Waals surface area contributed by atoms with E-state index in [0.717, 1.165) is 0 Å². The molecular formula is C21H23Cl3SiTi. The number of benzene rings is 2. The van der Waals surface area contributed by atoms with Gasteiger partial charge in [-0.2, -0.15) is 18.2 Å². The molecule has 0 nitrogen and oxygen atoms in total. The average Bonchev–Trinajstić information content (AvgIpc) is 2.97. The quantitative estimate of drug-likeness (QED) is 0.275. The number of aryl methyl sites for hydroxylation is 2. The van der Waals surface area contributed by atoms with E-state index in [4.69, 9.17) is 0 Å². The van der Waals surface area contributed by atoms with Crippen molar-refractivity contribution < 1.29 is 58.9 Å². The topological polar surface area (TPSA) is 0 Å². The van der Waals surface area contributed by atoms with Crippen LogP contribution >= 0.6 is 0 Å². The molecule has 0 amide bonds. The Bertz CT molecular complexity index is 778. The summed E-state index contributed by atoms with van der Waals surface area (Å²) in [5.41, 5.74) is 5.45. The summed E-state index contributed by atoms with van der Waals surface area (Å²) in [6, 6.07) is 24.6. The maximum atomic E-state index is 2.46. The zero-order chi connectivity index (χ0) is 15.7. The first-order chi connectivity index (χ1) is 10.5. The van der Waals surface area contributed by atoms with Crippen LogP contribution in [0.15, 0.2) is 66.7 Å². The largest absolute Gasteiger partial charge is 4.00 e. The smallest absolute Gasteiger partial charge is 1.00 e. The molecule has 3 aromatic carbocycles. The van der Waals surface area contributed by atoms with E-state index in [1.54, 1.807) is 0 Å². The fourth-order valence-electron chi connectivity index (χ4n) is 3.33. The Hall–Kier alpha value is -0.409. The van der Waals surface area contributed by atoms with E-state index >= 15 is 0 Å². The number of hydrogen-bond acceptors (Lipinski definition) is 0. The summed E-state index contributed by atoms with van der Waals surface area (Å²) in [4.78, 5) is 0. The molecular weight excluding hydrogens is 435 g/mol. The van der Waals surface area contributed by atoms with Crippen LogP contribution in [0.25, 0.3) is 11.1 Å². The molecule has 0 heterocycles. The van der Waals surface area contributed by atoms with Crippen LogP contribution in [0.3, 0.4) is 0 Å². The van der Waals surface area contributed by atoms with Crippen LogP contribution in [0.5, 0.6) is 0 Å². The second kappa shape index (κ2) is 11.4. The summed E-state index contributed by atoms with van der Waals surface area (Å²) < 4.78 is 0. The first-order valence-electron chi connectivity index (χ1n) is 7.89. The van der Waals surface area contributed by atoms with Gasteiger partial charge in [0.05, 0.1) is 8.07 Å². The summed E-state index contributed by atoms with van der Waals surface area (Å²) in [5.74, 6) is 0. The van der Waals surface area contributed by atoms with Gasteiger partial charge in [-0.15, -0.1) is 16.3 Å². The predicted octanol–water partition coefficient (Wildman–Crippen LogP) is -4.48. The minimum atomic E-state index is -1.69. The van der Waals surface area contributed by atoms with E-state index in [1.165, 1.54) is 32.6 Å². The molecule has 0 spiro atoms. The van der Waals surface area contributed by atoms with E-state index in [9.17, 15) is 0 Å². The molecule has 0 aliphatic carbocycles. The molecule has 0 unspecified atom stereocenters. The van der Waals surface area contributed by atoms with Gasteiger partial charge < -0.3 is 37.2 Å². The fraction of sp³-hybridized carbons (Fsp3) is 0.190. The van der Waals surface area contributed by atoms with Crippen molar-refractivity contribution >= 4 is 18.4 Å². The van der Waals surface area contributed by atoms with Crippen molar-refractivity contribution in [1.82, 2.24) is 0 Å². The summed E-state index contributed by atoms with van der Waals surface area (Å²) in [6.07, 6.45) is 0. The Labute approximate surface area is 192 Å². The number of halogens is 3. The monoisotopic (exact) mass is 456 g/mol. The molecule has 0 fully saturated rings. The van der Waals surface area contributed by atoms with Crippen molar-refractivity contribution in [2.24, 2.45) is 0 Å². The van der Waals surface area contributed by atoms with Gasteiger partial charge in [0.25, 0.3) is 0 Å². The predicted molar refractivity (Wildman–Crippen MR) is 100 cm³/mol. The van der Waals surface area contributed by atoms with E-state index in [0.29, 0.717) is 0 Å². The summed E-state index contributed by atoms with van der Waals surface area (Å²) >= 11 is 0. The maximum Gasteiger partial charge on any atom is 4.00 e. The fourth-order valence-corrected chi connectivity index (χ4v) is 6.23. The van der Waals surface area contributed by atoms with Crippen molar-refractivity contribution in [3.05, 3.63) is 77.9 Å². The Kier molecular flexibility index (Phi) is 12.2. The van der Waals surface area contributed by atoms with Crippen LogP contribution < -0.4 is 47.6 Å². The third-order valence-corrected chi connectivity index (χ3v) is 8.03. The first kappa shape index (κ1) is 27.8. The van der Waals surface area contributed by atoms with Gasteiger partial charge in [0.2, 0.25) is 0 Å². The van der Waals surface area contributed by atoms with Gasteiger partial charge in [0.15, 0.2) is 0 Å². The summed E-state index contributed by atoms with van der Waals surface area (Å²) in [6.45, 7) is 9.32. The Balaban J connectivity index is 0. The van der Waals surface area contributed by atoms with Crippen molar-refractivity contribution in [3.63, 3.8) is 0 Å². The van der Waals surface area contributed by atoms with E-state index in [1.807, 2.05) is 0 Å². The van der Waals surface area contributed by atoms with Crippen molar-refractivity contribution in [3.8, 4) is 11.1 Å². The Morgan fingerprint density at radius 3 is 1.81 bits per heavy atom. The molecule has 136 valence electrons. The van der Waals surface area contributed by atoms with Gasteiger partial charge in [0, 0.05) is 0 Å². The van der Waals surface area contributed by atoms with Crippen LogP contribution in [0, 0.1) is 13.8 Å². The molecule has 0 atom stereocenters. The first-order valence-corrected chi connectivity index (χ1v) is 10.9. The van der Waals surface area contributed by atoms with Gasteiger partial charge >= 0.3 is 21.7 Å². The standard InChI is InChI=1S/C21H23Si.3ClH.Ti/c1-16-13-17(2)15-19(14-16)22(3,4)21-12-8-11-20(21)18-9-6-5-7-10-18;;;;/h5-15H,1-4H3;3*1H;/q-1;;;;+4/p-3. The molecule has 0 aromatic heterocycles.